The van der Waals surface area contributed by atoms with Crippen molar-refractivity contribution in [2.24, 2.45) is 0 Å². The Labute approximate surface area is 163 Å². The van der Waals surface area contributed by atoms with Crippen LogP contribution in [0.15, 0.2) is 51.7 Å². The maximum atomic E-state index is 14.3. The van der Waals surface area contributed by atoms with Crippen LogP contribution in [0.1, 0.15) is 11.1 Å². The van der Waals surface area contributed by atoms with Crippen LogP contribution in [-0.4, -0.2) is 24.8 Å². The van der Waals surface area contributed by atoms with Crippen LogP contribution in [0.2, 0.25) is 0 Å². The standard InChI is InChI=1S/C20H17BrFNO4/c1-26-18(24)10-16-14-5-3-4-6-15(14)19(25)23(20(16)27-2)11-12-7-8-13(21)9-17(12)22/h3-9H,10-11H2,1-2H3. The van der Waals surface area contributed by atoms with Gasteiger partial charge in [-0.3, -0.25) is 14.2 Å². The molecule has 140 valence electrons. The minimum Gasteiger partial charge on any atom is -0.482 e. The normalized spacial score (nSPS) is 10.8. The average Bonchev–Trinajstić information content (AvgIpc) is 2.67. The van der Waals surface area contributed by atoms with Gasteiger partial charge in [0.25, 0.3) is 5.56 Å². The second-order valence-electron chi connectivity index (χ2n) is 5.91. The number of benzene rings is 2. The number of rotatable bonds is 5. The Morgan fingerprint density at radius 2 is 1.85 bits per heavy atom. The molecule has 0 N–H and O–H groups in total. The van der Waals surface area contributed by atoms with Crippen LogP contribution in [0.4, 0.5) is 4.39 Å². The summed E-state index contributed by atoms with van der Waals surface area (Å²) in [6.45, 7) is -0.0277. The molecule has 0 aliphatic rings. The van der Waals surface area contributed by atoms with Gasteiger partial charge in [0.15, 0.2) is 0 Å². The summed E-state index contributed by atoms with van der Waals surface area (Å²) in [4.78, 5) is 24.9. The van der Waals surface area contributed by atoms with Crippen LogP contribution in [0, 0.1) is 5.82 Å². The largest absolute Gasteiger partial charge is 0.482 e. The highest BCUT2D eigenvalue weighted by atomic mass is 79.9. The van der Waals surface area contributed by atoms with Crippen molar-refractivity contribution >= 4 is 32.7 Å². The second-order valence-corrected chi connectivity index (χ2v) is 6.83. The van der Waals surface area contributed by atoms with E-state index in [0.717, 1.165) is 0 Å². The third kappa shape index (κ3) is 3.73. The van der Waals surface area contributed by atoms with Crippen LogP contribution in [-0.2, 0) is 22.5 Å². The predicted molar refractivity (Wildman–Crippen MR) is 104 cm³/mol. The lowest BCUT2D eigenvalue weighted by Gasteiger charge is -2.18. The molecule has 7 heteroatoms. The van der Waals surface area contributed by atoms with Crippen molar-refractivity contribution in [2.45, 2.75) is 13.0 Å². The number of carbonyl (C=O) groups excluding carboxylic acids is 1. The third-order valence-corrected chi connectivity index (χ3v) is 4.81. The zero-order chi connectivity index (χ0) is 19.6. The Balaban J connectivity index is 2.26. The van der Waals surface area contributed by atoms with E-state index in [2.05, 4.69) is 15.9 Å². The molecule has 0 radical (unpaired) electrons. The molecule has 2 aromatic carbocycles. The van der Waals surface area contributed by atoms with Gasteiger partial charge in [-0.05, 0) is 23.6 Å². The first-order chi connectivity index (χ1) is 13.0. The molecule has 0 unspecified atom stereocenters. The maximum absolute atomic E-state index is 14.3. The molecule has 0 fully saturated rings. The van der Waals surface area contributed by atoms with Gasteiger partial charge >= 0.3 is 5.97 Å². The monoisotopic (exact) mass is 433 g/mol. The summed E-state index contributed by atoms with van der Waals surface area (Å²) in [6.07, 6.45) is -0.0662. The summed E-state index contributed by atoms with van der Waals surface area (Å²) in [5.74, 6) is -0.689. The van der Waals surface area contributed by atoms with Crippen molar-refractivity contribution in [1.82, 2.24) is 4.57 Å². The minimum absolute atomic E-state index is 0.0277. The fourth-order valence-corrected chi connectivity index (χ4v) is 3.37. The molecule has 1 heterocycles. The summed E-state index contributed by atoms with van der Waals surface area (Å²) in [7, 11) is 2.71. The van der Waals surface area contributed by atoms with E-state index < -0.39 is 11.8 Å². The van der Waals surface area contributed by atoms with Crippen molar-refractivity contribution in [3.8, 4) is 5.88 Å². The Morgan fingerprint density at radius 3 is 2.48 bits per heavy atom. The molecule has 1 aromatic heterocycles. The maximum Gasteiger partial charge on any atom is 0.310 e. The number of carbonyl (C=O) groups is 1. The van der Waals surface area contributed by atoms with Gasteiger partial charge in [-0.15, -0.1) is 0 Å². The van der Waals surface area contributed by atoms with E-state index in [1.807, 2.05) is 0 Å². The Kier molecular flexibility index (Phi) is 5.60. The number of hydrogen-bond acceptors (Lipinski definition) is 4. The number of hydrogen-bond donors (Lipinski definition) is 0. The summed E-state index contributed by atoms with van der Waals surface area (Å²) in [5, 5.41) is 1.03. The minimum atomic E-state index is -0.460. The van der Waals surface area contributed by atoms with Gasteiger partial charge in [-0.1, -0.05) is 40.2 Å². The third-order valence-electron chi connectivity index (χ3n) is 4.32. The Hall–Kier alpha value is -2.67. The lowest BCUT2D eigenvalue weighted by molar-refractivity contribution is -0.139. The molecule has 0 atom stereocenters. The highest BCUT2D eigenvalue weighted by molar-refractivity contribution is 9.10. The van der Waals surface area contributed by atoms with Crippen molar-refractivity contribution in [3.05, 3.63) is 74.2 Å². The van der Waals surface area contributed by atoms with E-state index in [4.69, 9.17) is 9.47 Å². The van der Waals surface area contributed by atoms with Crippen LogP contribution in [0.3, 0.4) is 0 Å². The average molecular weight is 434 g/mol. The molecule has 0 saturated heterocycles. The van der Waals surface area contributed by atoms with Crippen LogP contribution in [0.25, 0.3) is 10.8 Å². The number of pyridine rings is 1. The van der Waals surface area contributed by atoms with Gasteiger partial charge < -0.3 is 9.47 Å². The first-order valence-electron chi connectivity index (χ1n) is 8.15. The molecular formula is C20H17BrFNO4. The molecule has 0 spiro atoms. The number of halogens is 2. The molecule has 0 aliphatic heterocycles. The molecule has 27 heavy (non-hydrogen) atoms. The second kappa shape index (κ2) is 7.92. The van der Waals surface area contributed by atoms with Crippen molar-refractivity contribution in [3.63, 3.8) is 0 Å². The summed E-state index contributed by atoms with van der Waals surface area (Å²) < 4.78 is 26.5. The van der Waals surface area contributed by atoms with Crippen molar-refractivity contribution in [1.29, 1.82) is 0 Å². The zero-order valence-corrected chi connectivity index (χ0v) is 16.4. The summed E-state index contributed by atoms with van der Waals surface area (Å²) in [6, 6.07) is 11.6. The van der Waals surface area contributed by atoms with E-state index in [-0.39, 0.29) is 24.4 Å². The van der Waals surface area contributed by atoms with Gasteiger partial charge in [0.05, 0.1) is 27.2 Å². The van der Waals surface area contributed by atoms with Gasteiger partial charge in [0.2, 0.25) is 5.88 Å². The van der Waals surface area contributed by atoms with Crippen LogP contribution in [0.5, 0.6) is 5.88 Å². The Bertz CT molecular complexity index is 1080. The molecule has 3 aromatic rings. The first kappa shape index (κ1) is 19.1. The molecule has 0 aliphatic carbocycles. The van der Waals surface area contributed by atoms with Crippen LogP contribution < -0.4 is 10.3 Å². The van der Waals surface area contributed by atoms with Crippen molar-refractivity contribution < 1.29 is 18.7 Å². The number of esters is 1. The summed E-state index contributed by atoms with van der Waals surface area (Å²) >= 11 is 3.22. The lowest BCUT2D eigenvalue weighted by atomic mass is 10.0. The topological polar surface area (TPSA) is 57.5 Å². The lowest BCUT2D eigenvalue weighted by Crippen LogP contribution is -2.25. The molecule has 0 bridgehead atoms. The van der Waals surface area contributed by atoms with E-state index in [0.29, 0.717) is 26.4 Å². The van der Waals surface area contributed by atoms with E-state index in [1.54, 1.807) is 36.4 Å². The number of fused-ring (bicyclic) bond motifs is 1. The number of aromatic nitrogens is 1. The van der Waals surface area contributed by atoms with Crippen LogP contribution >= 0.6 is 15.9 Å². The molecule has 0 saturated carbocycles. The zero-order valence-electron chi connectivity index (χ0n) is 14.8. The van der Waals surface area contributed by atoms with Gasteiger partial charge in [-0.2, -0.15) is 0 Å². The van der Waals surface area contributed by atoms with E-state index in [9.17, 15) is 14.0 Å². The van der Waals surface area contributed by atoms with Crippen molar-refractivity contribution in [2.75, 3.05) is 14.2 Å². The predicted octanol–water partition coefficient (Wildman–Crippen LogP) is 3.68. The van der Waals surface area contributed by atoms with Gasteiger partial charge in [0, 0.05) is 21.0 Å². The van der Waals surface area contributed by atoms with Gasteiger partial charge in [0.1, 0.15) is 5.82 Å². The highest BCUT2D eigenvalue weighted by Gasteiger charge is 2.20. The SMILES string of the molecule is COC(=O)Cc1c(OC)n(Cc2ccc(Br)cc2F)c(=O)c2ccccc12. The number of nitrogens with zero attached hydrogens (tertiary/aromatic N) is 1. The fraction of sp³-hybridized carbons (Fsp3) is 0.200. The van der Waals surface area contributed by atoms with E-state index in [1.165, 1.54) is 24.9 Å². The number of methoxy groups -OCH3 is 2. The smallest absolute Gasteiger partial charge is 0.310 e. The molecule has 0 amide bonds. The summed E-state index contributed by atoms with van der Waals surface area (Å²) in [5.41, 5.74) is 0.536. The molecule has 3 rings (SSSR count). The Morgan fingerprint density at radius 1 is 1.15 bits per heavy atom. The highest BCUT2D eigenvalue weighted by Crippen LogP contribution is 2.27. The number of ether oxygens (including phenoxy) is 2. The first-order valence-corrected chi connectivity index (χ1v) is 8.94. The quantitative estimate of drug-likeness (QED) is 0.575. The van der Waals surface area contributed by atoms with Gasteiger partial charge in [-0.25, -0.2) is 4.39 Å². The van der Waals surface area contributed by atoms with E-state index >= 15 is 0 Å². The fourth-order valence-electron chi connectivity index (χ4n) is 3.03. The molecule has 5 nitrogen and oxygen atoms in total. The molecular weight excluding hydrogens is 417 g/mol.